The van der Waals surface area contributed by atoms with Gasteiger partial charge in [-0.15, -0.1) is 0 Å². The Labute approximate surface area is 140 Å². The molecule has 0 bridgehead atoms. The van der Waals surface area contributed by atoms with E-state index in [-0.39, 0.29) is 11.3 Å². The van der Waals surface area contributed by atoms with Gasteiger partial charge in [-0.25, -0.2) is 9.29 Å². The van der Waals surface area contributed by atoms with Crippen molar-refractivity contribution in [1.29, 1.82) is 0 Å². The third kappa shape index (κ3) is 3.34. The maximum absolute atomic E-state index is 13.5. The first-order chi connectivity index (χ1) is 11.4. The molecule has 0 saturated heterocycles. The van der Waals surface area contributed by atoms with Gasteiger partial charge in [-0.1, -0.05) is 30.3 Å². The minimum Gasteiger partial charge on any atom is -0.504 e. The van der Waals surface area contributed by atoms with E-state index in [4.69, 9.17) is 0 Å². The summed E-state index contributed by atoms with van der Waals surface area (Å²) in [6.45, 7) is 0. The zero-order chi connectivity index (χ0) is 17.3. The van der Waals surface area contributed by atoms with E-state index >= 15 is 0 Å². The SMILES string of the molecule is CN(Sc1cc(O)c2nccn2c1)[C@H](c1ccccc1)C(F)(F)F. The Morgan fingerprint density at radius 3 is 2.62 bits per heavy atom. The number of hydrogen-bond acceptors (Lipinski definition) is 4. The van der Waals surface area contributed by atoms with E-state index in [2.05, 4.69) is 4.98 Å². The van der Waals surface area contributed by atoms with Crippen molar-refractivity contribution in [1.82, 2.24) is 13.7 Å². The lowest BCUT2D eigenvalue weighted by molar-refractivity contribution is -0.169. The van der Waals surface area contributed by atoms with Gasteiger partial charge in [0.15, 0.2) is 11.4 Å². The van der Waals surface area contributed by atoms with Crippen LogP contribution in [0.3, 0.4) is 0 Å². The van der Waals surface area contributed by atoms with E-state index in [1.165, 1.54) is 31.4 Å². The van der Waals surface area contributed by atoms with Gasteiger partial charge in [0.25, 0.3) is 0 Å². The summed E-state index contributed by atoms with van der Waals surface area (Å²) < 4.78 is 43.3. The summed E-state index contributed by atoms with van der Waals surface area (Å²) in [4.78, 5) is 4.45. The molecule has 126 valence electrons. The molecule has 4 nitrogen and oxygen atoms in total. The Morgan fingerprint density at radius 1 is 1.25 bits per heavy atom. The summed E-state index contributed by atoms with van der Waals surface area (Å²) in [5.41, 5.74) is 0.519. The number of benzene rings is 1. The Balaban J connectivity index is 1.91. The summed E-state index contributed by atoms with van der Waals surface area (Å²) in [5.74, 6) is -0.0818. The van der Waals surface area contributed by atoms with E-state index in [1.54, 1.807) is 35.0 Å². The number of halogens is 3. The summed E-state index contributed by atoms with van der Waals surface area (Å²) in [6.07, 6.45) is 0.332. The molecule has 0 aliphatic heterocycles. The van der Waals surface area contributed by atoms with Crippen LogP contribution in [-0.2, 0) is 0 Å². The molecule has 1 aromatic carbocycles. The Morgan fingerprint density at radius 2 is 1.96 bits per heavy atom. The molecule has 0 unspecified atom stereocenters. The topological polar surface area (TPSA) is 40.8 Å². The quantitative estimate of drug-likeness (QED) is 0.711. The highest BCUT2D eigenvalue weighted by molar-refractivity contribution is 7.97. The van der Waals surface area contributed by atoms with Crippen LogP contribution in [0.2, 0.25) is 0 Å². The molecule has 24 heavy (non-hydrogen) atoms. The molecule has 0 saturated carbocycles. The molecule has 8 heteroatoms. The number of imidazole rings is 1. The molecule has 1 atom stereocenters. The normalized spacial score (nSPS) is 13.5. The highest BCUT2D eigenvalue weighted by Gasteiger charge is 2.44. The molecule has 3 aromatic rings. The van der Waals surface area contributed by atoms with Crippen LogP contribution >= 0.6 is 11.9 Å². The Hall–Kier alpha value is -2.19. The average Bonchev–Trinajstić information content (AvgIpc) is 2.96. The van der Waals surface area contributed by atoms with Crippen LogP contribution < -0.4 is 0 Å². The van der Waals surface area contributed by atoms with Crippen molar-refractivity contribution in [2.75, 3.05) is 7.05 Å². The molecule has 2 aromatic heterocycles. The van der Waals surface area contributed by atoms with Crippen LogP contribution in [0, 0.1) is 0 Å². The van der Waals surface area contributed by atoms with Gasteiger partial charge in [0.05, 0.1) is 0 Å². The maximum atomic E-state index is 13.5. The van der Waals surface area contributed by atoms with Crippen molar-refractivity contribution >= 4 is 17.6 Å². The highest BCUT2D eigenvalue weighted by atomic mass is 32.2. The monoisotopic (exact) mass is 353 g/mol. The zero-order valence-corrected chi connectivity index (χ0v) is 13.4. The maximum Gasteiger partial charge on any atom is 0.408 e. The molecular weight excluding hydrogens is 339 g/mol. The smallest absolute Gasteiger partial charge is 0.408 e. The van der Waals surface area contributed by atoms with Gasteiger partial charge in [0, 0.05) is 29.6 Å². The first-order valence-electron chi connectivity index (χ1n) is 7.04. The van der Waals surface area contributed by atoms with Gasteiger partial charge >= 0.3 is 6.18 Å². The van der Waals surface area contributed by atoms with Gasteiger partial charge in [0.1, 0.15) is 6.04 Å². The van der Waals surface area contributed by atoms with E-state index in [0.29, 0.717) is 10.5 Å². The van der Waals surface area contributed by atoms with E-state index < -0.39 is 12.2 Å². The predicted molar refractivity (Wildman–Crippen MR) is 85.7 cm³/mol. The first-order valence-corrected chi connectivity index (χ1v) is 7.82. The van der Waals surface area contributed by atoms with Gasteiger partial charge in [0.2, 0.25) is 0 Å². The molecular formula is C16H14F3N3OS. The van der Waals surface area contributed by atoms with Crippen molar-refractivity contribution in [2.45, 2.75) is 17.1 Å². The highest BCUT2D eigenvalue weighted by Crippen LogP contribution is 2.42. The van der Waals surface area contributed by atoms with Crippen molar-refractivity contribution in [2.24, 2.45) is 0 Å². The lowest BCUT2D eigenvalue weighted by Gasteiger charge is -2.29. The summed E-state index contributed by atoms with van der Waals surface area (Å²) in [6, 6.07) is 7.38. The predicted octanol–water partition coefficient (Wildman–Crippen LogP) is 4.28. The molecule has 0 radical (unpaired) electrons. The summed E-state index contributed by atoms with van der Waals surface area (Å²) >= 11 is 0.911. The van der Waals surface area contributed by atoms with Crippen molar-refractivity contribution in [3.63, 3.8) is 0 Å². The lowest BCUT2D eigenvalue weighted by atomic mass is 10.1. The molecule has 0 spiro atoms. The van der Waals surface area contributed by atoms with Gasteiger partial charge in [-0.05, 0) is 24.6 Å². The van der Waals surface area contributed by atoms with Crippen LogP contribution in [-0.4, -0.2) is 32.0 Å². The van der Waals surface area contributed by atoms with Crippen LogP contribution in [0.4, 0.5) is 13.2 Å². The van der Waals surface area contributed by atoms with Crippen LogP contribution in [0.5, 0.6) is 5.75 Å². The zero-order valence-electron chi connectivity index (χ0n) is 12.6. The average molecular weight is 353 g/mol. The molecule has 0 aliphatic carbocycles. The molecule has 0 amide bonds. The third-order valence-electron chi connectivity index (χ3n) is 3.48. The number of nitrogens with zero attached hydrogens (tertiary/aromatic N) is 3. The largest absolute Gasteiger partial charge is 0.504 e. The van der Waals surface area contributed by atoms with Crippen molar-refractivity contribution in [3.05, 3.63) is 60.6 Å². The minimum atomic E-state index is -4.43. The second-order valence-corrected chi connectivity index (χ2v) is 6.44. The third-order valence-corrected chi connectivity index (χ3v) is 4.41. The summed E-state index contributed by atoms with van der Waals surface area (Å²) in [7, 11) is 1.38. The van der Waals surface area contributed by atoms with Gasteiger partial charge < -0.3 is 9.51 Å². The minimum absolute atomic E-state index is 0.0818. The van der Waals surface area contributed by atoms with E-state index in [1.807, 2.05) is 0 Å². The molecule has 0 aliphatic rings. The fourth-order valence-electron chi connectivity index (χ4n) is 2.50. The number of pyridine rings is 1. The summed E-state index contributed by atoms with van der Waals surface area (Å²) in [5, 5.41) is 9.93. The van der Waals surface area contributed by atoms with Crippen LogP contribution in [0.1, 0.15) is 11.6 Å². The van der Waals surface area contributed by atoms with Crippen molar-refractivity contribution < 1.29 is 18.3 Å². The first kappa shape index (κ1) is 16.7. The van der Waals surface area contributed by atoms with Gasteiger partial charge in [-0.3, -0.25) is 0 Å². The number of alkyl halides is 3. The number of hydrogen-bond donors (Lipinski definition) is 1. The number of fused-ring (bicyclic) bond motifs is 1. The standard InChI is InChI=1S/C16H14F3N3OS/c1-21(14(16(17,18)19)11-5-3-2-4-6-11)24-12-9-13(23)15-20-7-8-22(15)10-12/h2-10,14,23H,1H3/t14-/m1/s1. The molecule has 3 rings (SSSR count). The molecule has 2 heterocycles. The van der Waals surface area contributed by atoms with Crippen LogP contribution in [0.15, 0.2) is 59.9 Å². The lowest BCUT2D eigenvalue weighted by Crippen LogP contribution is -2.31. The van der Waals surface area contributed by atoms with Gasteiger partial charge in [-0.2, -0.15) is 13.2 Å². The number of rotatable bonds is 4. The second kappa shape index (κ2) is 6.37. The molecule has 0 fully saturated rings. The number of aromatic hydroxyl groups is 1. The number of aromatic nitrogens is 2. The fraction of sp³-hybridized carbons (Fsp3) is 0.188. The second-order valence-electron chi connectivity index (χ2n) is 5.21. The van der Waals surface area contributed by atoms with Crippen molar-refractivity contribution in [3.8, 4) is 5.75 Å². The fourth-order valence-corrected chi connectivity index (χ4v) is 3.50. The molecule has 1 N–H and O–H groups in total. The van der Waals surface area contributed by atoms with E-state index in [0.717, 1.165) is 16.3 Å². The van der Waals surface area contributed by atoms with Crippen LogP contribution in [0.25, 0.3) is 5.65 Å². The van der Waals surface area contributed by atoms with E-state index in [9.17, 15) is 18.3 Å². The Kier molecular flexibility index (Phi) is 4.42. The Bertz CT molecular complexity index is 835.